The molecule has 2 aromatic heterocycles. The van der Waals surface area contributed by atoms with Gasteiger partial charge < -0.3 is 9.84 Å². The zero-order valence-corrected chi connectivity index (χ0v) is 20.7. The Kier molecular flexibility index (Phi) is 7.13. The Morgan fingerprint density at radius 2 is 1.88 bits per heavy atom. The molecule has 10 heteroatoms. The van der Waals surface area contributed by atoms with Gasteiger partial charge in [0.15, 0.2) is 5.82 Å². The van der Waals surface area contributed by atoms with Gasteiger partial charge in [-0.3, -0.25) is 19.1 Å². The lowest BCUT2D eigenvalue weighted by molar-refractivity contribution is -0.144. The van der Waals surface area contributed by atoms with Crippen LogP contribution in [0.25, 0.3) is 5.00 Å². The molecule has 8 nitrogen and oxygen atoms in total. The van der Waals surface area contributed by atoms with E-state index in [0.29, 0.717) is 17.3 Å². The van der Waals surface area contributed by atoms with E-state index in [2.05, 4.69) is 24.0 Å². The maximum Gasteiger partial charge on any atom is 0.305 e. The Morgan fingerprint density at radius 1 is 1.15 bits per heavy atom. The van der Waals surface area contributed by atoms with E-state index in [9.17, 15) is 9.59 Å². The average Bonchev–Trinajstić information content (AvgIpc) is 3.26. The minimum atomic E-state index is -0.928. The lowest BCUT2D eigenvalue weighted by Gasteiger charge is -2.13. The zero-order chi connectivity index (χ0) is 24.4. The van der Waals surface area contributed by atoms with E-state index in [4.69, 9.17) is 26.4 Å². The molecule has 0 saturated carbocycles. The first-order chi connectivity index (χ1) is 16.3. The molecule has 0 radical (unpaired) electrons. The molecule has 0 saturated heterocycles. The smallest absolute Gasteiger partial charge is 0.305 e. The van der Waals surface area contributed by atoms with Crippen molar-refractivity contribution in [2.45, 2.75) is 52.5 Å². The predicted molar refractivity (Wildman–Crippen MR) is 130 cm³/mol. The minimum Gasteiger partial charge on any atom is -0.481 e. The minimum absolute atomic E-state index is 0.0595. The molecule has 0 aliphatic carbocycles. The number of ether oxygens (including phenoxy) is 1. The Morgan fingerprint density at radius 3 is 2.59 bits per heavy atom. The highest BCUT2D eigenvalue weighted by Gasteiger charge is 2.31. The van der Waals surface area contributed by atoms with Gasteiger partial charge in [0.05, 0.1) is 12.3 Å². The van der Waals surface area contributed by atoms with E-state index >= 15 is 0 Å². The van der Waals surface area contributed by atoms with Crippen LogP contribution in [-0.2, 0) is 14.3 Å². The molecule has 1 aliphatic rings. The summed E-state index contributed by atoms with van der Waals surface area (Å²) in [4.78, 5) is 29.0. The number of fused-ring (bicyclic) bond motifs is 3. The molecule has 1 N–H and O–H groups in total. The van der Waals surface area contributed by atoms with E-state index in [1.807, 2.05) is 35.8 Å². The van der Waals surface area contributed by atoms with Crippen molar-refractivity contribution in [3.63, 3.8) is 0 Å². The van der Waals surface area contributed by atoms with Gasteiger partial charge in [-0.1, -0.05) is 23.7 Å². The number of aliphatic carboxylic acids is 1. The van der Waals surface area contributed by atoms with Crippen LogP contribution in [-0.4, -0.2) is 44.1 Å². The Bertz CT molecular complexity index is 1260. The highest BCUT2D eigenvalue weighted by molar-refractivity contribution is 7.15. The lowest BCUT2D eigenvalue weighted by atomic mass is 9.99. The summed E-state index contributed by atoms with van der Waals surface area (Å²) in [6.07, 6.45) is 0.688. The Labute approximate surface area is 206 Å². The number of hydrogen-bond acceptors (Lipinski definition) is 7. The second-order valence-corrected chi connectivity index (χ2v) is 9.80. The number of nitrogens with zero attached hydrogens (tertiary/aromatic N) is 4. The fraction of sp³-hybridized carbons (Fsp3) is 0.375. The van der Waals surface area contributed by atoms with Gasteiger partial charge in [0.2, 0.25) is 0 Å². The summed E-state index contributed by atoms with van der Waals surface area (Å²) in [5, 5.41) is 19.1. The molecule has 3 aromatic rings. The SMILES string of the molecule is Cc1sc2c(c1C)C(c1ccc(Cl)cc1)=N[C@@H](CCOC(=O)CCCC(=O)O)c1nnc(C)n1-2. The molecule has 178 valence electrons. The summed E-state index contributed by atoms with van der Waals surface area (Å²) in [6, 6.07) is 7.22. The molecule has 1 aliphatic heterocycles. The van der Waals surface area contributed by atoms with Crippen LogP contribution in [0.3, 0.4) is 0 Å². The van der Waals surface area contributed by atoms with Gasteiger partial charge in [-0.25, -0.2) is 0 Å². The van der Waals surface area contributed by atoms with Crippen molar-refractivity contribution in [2.24, 2.45) is 4.99 Å². The number of carboxylic acids is 1. The number of hydrogen-bond donors (Lipinski definition) is 1. The largest absolute Gasteiger partial charge is 0.481 e. The molecule has 0 amide bonds. The van der Waals surface area contributed by atoms with Crippen molar-refractivity contribution in [1.82, 2.24) is 14.8 Å². The predicted octanol–water partition coefficient (Wildman–Crippen LogP) is 4.99. The molecule has 0 fully saturated rings. The summed E-state index contributed by atoms with van der Waals surface area (Å²) in [6.45, 7) is 6.24. The Hall–Kier alpha value is -3.04. The standard InChI is InChI=1S/C24H25ClN4O4S/c1-13-14(2)34-24-21(13)22(16-7-9-17(25)10-8-16)26-18(23-28-27-15(3)29(23)24)11-12-33-20(32)6-4-5-19(30)31/h7-10,18H,4-6,11-12H2,1-3H3,(H,30,31)/t18-/m0/s1. The number of carbonyl (C=O) groups is 2. The molecule has 0 spiro atoms. The van der Waals surface area contributed by atoms with Crippen molar-refractivity contribution in [2.75, 3.05) is 6.61 Å². The van der Waals surface area contributed by atoms with E-state index in [1.54, 1.807) is 11.3 Å². The first-order valence-corrected chi connectivity index (χ1v) is 12.2. The van der Waals surface area contributed by atoms with Crippen molar-refractivity contribution in [3.05, 3.63) is 62.5 Å². The number of carbonyl (C=O) groups excluding carboxylic acids is 1. The highest BCUT2D eigenvalue weighted by Crippen LogP contribution is 2.39. The molecule has 4 rings (SSSR count). The van der Waals surface area contributed by atoms with Gasteiger partial charge in [0.25, 0.3) is 0 Å². The summed E-state index contributed by atoms with van der Waals surface area (Å²) < 4.78 is 7.42. The molecular formula is C24H25ClN4O4S. The lowest BCUT2D eigenvalue weighted by Crippen LogP contribution is -2.12. The molecule has 3 heterocycles. The van der Waals surface area contributed by atoms with Gasteiger partial charge in [-0.2, -0.15) is 0 Å². The van der Waals surface area contributed by atoms with Crippen LogP contribution in [0.15, 0.2) is 29.3 Å². The third-order valence-corrected chi connectivity index (χ3v) is 7.23. The first kappa shape index (κ1) is 24.1. The monoisotopic (exact) mass is 500 g/mol. The van der Waals surface area contributed by atoms with Crippen molar-refractivity contribution < 1.29 is 19.4 Å². The van der Waals surface area contributed by atoms with Crippen LogP contribution < -0.4 is 0 Å². The van der Waals surface area contributed by atoms with E-state index in [1.165, 1.54) is 4.88 Å². The number of benzene rings is 1. The summed E-state index contributed by atoms with van der Waals surface area (Å²) in [7, 11) is 0. The first-order valence-electron chi connectivity index (χ1n) is 11.0. The molecule has 34 heavy (non-hydrogen) atoms. The third kappa shape index (κ3) is 4.90. The normalized spacial score (nSPS) is 14.7. The van der Waals surface area contributed by atoms with Gasteiger partial charge in [0.1, 0.15) is 16.9 Å². The number of thiophene rings is 1. The topological polar surface area (TPSA) is 107 Å². The van der Waals surface area contributed by atoms with Gasteiger partial charge in [-0.05, 0) is 44.9 Å². The Balaban J connectivity index is 1.67. The molecule has 1 atom stereocenters. The van der Waals surface area contributed by atoms with Crippen LogP contribution >= 0.6 is 22.9 Å². The number of esters is 1. The number of aromatic nitrogens is 3. The van der Waals surface area contributed by atoms with Crippen LogP contribution in [0.2, 0.25) is 5.02 Å². The van der Waals surface area contributed by atoms with Crippen LogP contribution in [0.5, 0.6) is 0 Å². The van der Waals surface area contributed by atoms with Gasteiger partial charge in [-0.15, -0.1) is 21.5 Å². The van der Waals surface area contributed by atoms with Gasteiger partial charge in [0, 0.05) is 40.3 Å². The van der Waals surface area contributed by atoms with Crippen LogP contribution in [0, 0.1) is 20.8 Å². The maximum absolute atomic E-state index is 12.0. The fourth-order valence-corrected chi connectivity index (χ4v) is 5.27. The second-order valence-electron chi connectivity index (χ2n) is 8.16. The maximum atomic E-state index is 12.0. The van der Waals surface area contributed by atoms with Gasteiger partial charge >= 0.3 is 11.9 Å². The number of aryl methyl sites for hydroxylation is 2. The van der Waals surface area contributed by atoms with Crippen molar-refractivity contribution in [3.8, 4) is 5.00 Å². The number of aliphatic imine (C=N–C) groups is 1. The summed E-state index contributed by atoms with van der Waals surface area (Å²) >= 11 is 7.81. The molecule has 0 unspecified atom stereocenters. The second kappa shape index (κ2) is 10.1. The third-order valence-electron chi connectivity index (χ3n) is 5.78. The number of rotatable bonds is 8. The summed E-state index contributed by atoms with van der Waals surface area (Å²) in [5.41, 5.74) is 3.98. The van der Waals surface area contributed by atoms with Crippen LogP contribution in [0.4, 0.5) is 0 Å². The number of halogens is 1. The molecule has 0 bridgehead atoms. The van der Waals surface area contributed by atoms with Crippen molar-refractivity contribution >= 4 is 40.6 Å². The van der Waals surface area contributed by atoms with E-state index < -0.39 is 11.9 Å². The van der Waals surface area contributed by atoms with Crippen LogP contribution in [0.1, 0.15) is 64.9 Å². The quantitative estimate of drug-likeness (QED) is 0.437. The summed E-state index contributed by atoms with van der Waals surface area (Å²) in [5.74, 6) is 0.120. The fourth-order valence-electron chi connectivity index (χ4n) is 3.93. The molecular weight excluding hydrogens is 476 g/mol. The highest BCUT2D eigenvalue weighted by atomic mass is 35.5. The van der Waals surface area contributed by atoms with Crippen molar-refractivity contribution in [1.29, 1.82) is 0 Å². The zero-order valence-electron chi connectivity index (χ0n) is 19.2. The average molecular weight is 501 g/mol. The van der Waals surface area contributed by atoms with E-state index in [0.717, 1.165) is 33.2 Å². The molecule has 1 aromatic carbocycles. The number of carboxylic acid groups (broad SMARTS) is 1. The van der Waals surface area contributed by atoms with E-state index in [-0.39, 0.29) is 31.9 Å².